The van der Waals surface area contributed by atoms with Crippen LogP contribution in [0.1, 0.15) is 25.3 Å². The van der Waals surface area contributed by atoms with E-state index in [1.807, 2.05) is 18.7 Å². The molecule has 0 aliphatic rings. The van der Waals surface area contributed by atoms with Gasteiger partial charge in [-0.15, -0.1) is 0 Å². The third-order valence-electron chi connectivity index (χ3n) is 2.63. The highest BCUT2D eigenvalue weighted by Gasteiger charge is 2.08. The van der Waals surface area contributed by atoms with Crippen molar-refractivity contribution in [2.75, 3.05) is 25.2 Å². The molecule has 1 aromatic rings. The molecule has 108 valence electrons. The number of ether oxygens (including phenoxy) is 1. The molecule has 0 radical (unpaired) electrons. The smallest absolute Gasteiger partial charge is 0.147 e. The molecule has 2 nitrogen and oxygen atoms in total. The molecule has 0 unspecified atom stereocenters. The molecule has 0 fully saturated rings. The summed E-state index contributed by atoms with van der Waals surface area (Å²) in [6.45, 7) is 4.62. The minimum atomic E-state index is 0.671. The quantitative estimate of drug-likeness (QED) is 0.588. The molecule has 1 rings (SSSR count). The molecule has 0 amide bonds. The van der Waals surface area contributed by atoms with Gasteiger partial charge in [-0.2, -0.15) is 11.8 Å². The zero-order valence-electron chi connectivity index (χ0n) is 11.5. The predicted molar refractivity (Wildman–Crippen MR) is 92.3 cm³/mol. The van der Waals surface area contributed by atoms with Crippen molar-refractivity contribution in [3.8, 4) is 5.75 Å². The highest BCUT2D eigenvalue weighted by molar-refractivity contribution is 9.11. The first-order valence-electron chi connectivity index (χ1n) is 6.49. The fourth-order valence-electron chi connectivity index (χ4n) is 1.73. The summed E-state index contributed by atoms with van der Waals surface area (Å²) in [5, 5.41) is 3.47. The SMILES string of the molecule is CCOc1c(Br)cc(CNCCCCSC)cc1Br. The maximum atomic E-state index is 5.58. The van der Waals surface area contributed by atoms with Crippen molar-refractivity contribution in [2.24, 2.45) is 0 Å². The van der Waals surface area contributed by atoms with E-state index in [0.29, 0.717) is 6.61 Å². The zero-order valence-corrected chi connectivity index (χ0v) is 15.5. The lowest BCUT2D eigenvalue weighted by atomic mass is 10.2. The average Bonchev–Trinajstić information content (AvgIpc) is 2.38. The van der Waals surface area contributed by atoms with E-state index in [9.17, 15) is 0 Å². The Hall–Kier alpha value is 0.290. The van der Waals surface area contributed by atoms with Crippen LogP contribution in [0.25, 0.3) is 0 Å². The first-order valence-corrected chi connectivity index (χ1v) is 9.47. The van der Waals surface area contributed by atoms with Crippen LogP contribution in [0, 0.1) is 0 Å². The van der Waals surface area contributed by atoms with E-state index in [4.69, 9.17) is 4.74 Å². The van der Waals surface area contributed by atoms with E-state index < -0.39 is 0 Å². The number of unbranched alkanes of at least 4 members (excludes halogenated alkanes) is 1. The van der Waals surface area contributed by atoms with Gasteiger partial charge in [0.1, 0.15) is 5.75 Å². The van der Waals surface area contributed by atoms with Crippen molar-refractivity contribution >= 4 is 43.6 Å². The molecular weight excluding hydrogens is 390 g/mol. The number of thioether (sulfide) groups is 1. The number of hydrogen-bond donors (Lipinski definition) is 1. The van der Waals surface area contributed by atoms with Gasteiger partial charge >= 0.3 is 0 Å². The van der Waals surface area contributed by atoms with Gasteiger partial charge in [-0.25, -0.2) is 0 Å². The summed E-state index contributed by atoms with van der Waals surface area (Å²) in [4.78, 5) is 0. The van der Waals surface area contributed by atoms with E-state index in [1.54, 1.807) is 0 Å². The normalized spacial score (nSPS) is 10.7. The van der Waals surface area contributed by atoms with Gasteiger partial charge in [0.05, 0.1) is 15.6 Å². The molecule has 0 spiro atoms. The van der Waals surface area contributed by atoms with Gasteiger partial charge in [-0.3, -0.25) is 0 Å². The summed E-state index contributed by atoms with van der Waals surface area (Å²) >= 11 is 9.03. The Bertz CT molecular complexity index is 365. The standard InChI is InChI=1S/C14H21Br2NOS/c1-3-18-14-12(15)8-11(9-13(14)16)10-17-6-4-5-7-19-2/h8-9,17H,3-7,10H2,1-2H3. The Morgan fingerprint density at radius 1 is 1.21 bits per heavy atom. The first kappa shape index (κ1) is 17.3. The largest absolute Gasteiger partial charge is 0.492 e. The highest BCUT2D eigenvalue weighted by Crippen LogP contribution is 2.34. The van der Waals surface area contributed by atoms with Crippen LogP contribution in [0.3, 0.4) is 0 Å². The molecule has 1 aromatic carbocycles. The molecule has 0 heterocycles. The Morgan fingerprint density at radius 2 is 1.89 bits per heavy atom. The number of benzene rings is 1. The lowest BCUT2D eigenvalue weighted by molar-refractivity contribution is 0.336. The summed E-state index contributed by atoms with van der Waals surface area (Å²) in [7, 11) is 0. The monoisotopic (exact) mass is 409 g/mol. The second kappa shape index (κ2) is 10.1. The van der Waals surface area contributed by atoms with Crippen molar-refractivity contribution < 1.29 is 4.74 Å². The van der Waals surface area contributed by atoms with Crippen molar-refractivity contribution in [3.05, 3.63) is 26.6 Å². The van der Waals surface area contributed by atoms with Gasteiger partial charge in [0, 0.05) is 6.54 Å². The molecule has 0 aromatic heterocycles. The molecule has 0 aliphatic carbocycles. The summed E-state index contributed by atoms with van der Waals surface area (Å²) in [6.07, 6.45) is 4.67. The molecule has 0 saturated carbocycles. The maximum absolute atomic E-state index is 5.58. The number of halogens is 2. The fourth-order valence-corrected chi connectivity index (χ4v) is 3.73. The molecule has 1 N–H and O–H groups in total. The molecule has 19 heavy (non-hydrogen) atoms. The Balaban J connectivity index is 2.42. The molecule has 5 heteroatoms. The minimum Gasteiger partial charge on any atom is -0.492 e. The summed E-state index contributed by atoms with van der Waals surface area (Å²) < 4.78 is 7.58. The Kier molecular flexibility index (Phi) is 9.20. The second-order valence-electron chi connectivity index (χ2n) is 4.20. The van der Waals surface area contributed by atoms with E-state index in [-0.39, 0.29) is 0 Å². The molecular formula is C14H21Br2NOS. The molecule has 0 atom stereocenters. The zero-order chi connectivity index (χ0) is 14.1. The van der Waals surface area contributed by atoms with Gasteiger partial charge in [0.25, 0.3) is 0 Å². The topological polar surface area (TPSA) is 21.3 Å². The fraction of sp³-hybridized carbons (Fsp3) is 0.571. The van der Waals surface area contributed by atoms with Crippen molar-refractivity contribution in [2.45, 2.75) is 26.3 Å². The second-order valence-corrected chi connectivity index (χ2v) is 6.89. The molecule has 0 saturated heterocycles. The maximum Gasteiger partial charge on any atom is 0.147 e. The van der Waals surface area contributed by atoms with Crippen molar-refractivity contribution in [3.63, 3.8) is 0 Å². The molecule has 0 aliphatic heterocycles. The molecule has 0 bridgehead atoms. The Labute approximate surface area is 137 Å². The summed E-state index contributed by atoms with van der Waals surface area (Å²) in [5.41, 5.74) is 1.26. The van der Waals surface area contributed by atoms with Crippen LogP contribution in [0.4, 0.5) is 0 Å². The first-order chi connectivity index (χ1) is 9.19. The van der Waals surface area contributed by atoms with Gasteiger partial charge in [0.15, 0.2) is 0 Å². The third-order valence-corrected chi connectivity index (χ3v) is 4.50. The van der Waals surface area contributed by atoms with Crippen LogP contribution in [-0.2, 0) is 6.54 Å². The lowest BCUT2D eigenvalue weighted by Crippen LogP contribution is -2.15. The van der Waals surface area contributed by atoms with E-state index in [2.05, 4.69) is 55.6 Å². The number of nitrogens with one attached hydrogen (secondary N) is 1. The van der Waals surface area contributed by atoms with Gasteiger partial charge in [-0.1, -0.05) is 0 Å². The number of hydrogen-bond acceptors (Lipinski definition) is 3. The number of rotatable bonds is 9. The predicted octanol–water partition coefficient (Wildman–Crippen LogP) is 4.84. The van der Waals surface area contributed by atoms with Crippen LogP contribution in [0.2, 0.25) is 0 Å². The van der Waals surface area contributed by atoms with Crippen LogP contribution < -0.4 is 10.1 Å². The van der Waals surface area contributed by atoms with Gasteiger partial charge < -0.3 is 10.1 Å². The van der Waals surface area contributed by atoms with Crippen molar-refractivity contribution in [1.29, 1.82) is 0 Å². The van der Waals surface area contributed by atoms with E-state index in [0.717, 1.165) is 27.8 Å². The summed E-state index contributed by atoms with van der Waals surface area (Å²) in [6, 6.07) is 4.23. The van der Waals surface area contributed by atoms with Gasteiger partial charge in [0.2, 0.25) is 0 Å². The van der Waals surface area contributed by atoms with Crippen LogP contribution in [-0.4, -0.2) is 25.2 Å². The Morgan fingerprint density at radius 3 is 2.47 bits per heavy atom. The van der Waals surface area contributed by atoms with Crippen LogP contribution in [0.15, 0.2) is 21.1 Å². The van der Waals surface area contributed by atoms with Crippen LogP contribution in [0.5, 0.6) is 5.75 Å². The highest BCUT2D eigenvalue weighted by atomic mass is 79.9. The van der Waals surface area contributed by atoms with Crippen molar-refractivity contribution in [1.82, 2.24) is 5.32 Å². The summed E-state index contributed by atoms with van der Waals surface area (Å²) in [5.74, 6) is 2.13. The average molecular weight is 411 g/mol. The third kappa shape index (κ3) is 6.52. The van der Waals surface area contributed by atoms with Gasteiger partial charge in [-0.05, 0) is 87.9 Å². The van der Waals surface area contributed by atoms with E-state index in [1.165, 1.54) is 24.2 Å². The minimum absolute atomic E-state index is 0.671. The lowest BCUT2D eigenvalue weighted by Gasteiger charge is -2.11. The van der Waals surface area contributed by atoms with Crippen LogP contribution >= 0.6 is 43.6 Å². The van der Waals surface area contributed by atoms with E-state index >= 15 is 0 Å².